The Balaban J connectivity index is 2.70. The van der Waals surface area contributed by atoms with Crippen LogP contribution in [0, 0.1) is 17.0 Å². The van der Waals surface area contributed by atoms with Gasteiger partial charge in [-0.3, -0.25) is 14.9 Å². The van der Waals surface area contributed by atoms with Gasteiger partial charge in [-0.15, -0.1) is 0 Å². The van der Waals surface area contributed by atoms with Crippen LogP contribution < -0.4 is 4.90 Å². The van der Waals surface area contributed by atoms with E-state index in [0.717, 1.165) is 11.1 Å². The SMILES string of the molecule is CC(=O)N1CC=Cc2cc(C)cc([N+](=O)[O-])c21. The highest BCUT2D eigenvalue weighted by atomic mass is 16.6. The van der Waals surface area contributed by atoms with Gasteiger partial charge >= 0.3 is 0 Å². The van der Waals surface area contributed by atoms with Crippen molar-refractivity contribution < 1.29 is 9.72 Å². The number of rotatable bonds is 1. The summed E-state index contributed by atoms with van der Waals surface area (Å²) in [5.41, 5.74) is 1.92. The quantitative estimate of drug-likeness (QED) is 0.551. The first-order chi connectivity index (χ1) is 8.00. The summed E-state index contributed by atoms with van der Waals surface area (Å²) in [6.07, 6.45) is 3.64. The lowest BCUT2D eigenvalue weighted by atomic mass is 10.0. The average molecular weight is 232 g/mol. The number of hydrogen-bond donors (Lipinski definition) is 0. The van der Waals surface area contributed by atoms with E-state index >= 15 is 0 Å². The van der Waals surface area contributed by atoms with E-state index in [9.17, 15) is 14.9 Å². The highest BCUT2D eigenvalue weighted by molar-refractivity contribution is 5.98. The topological polar surface area (TPSA) is 63.5 Å². The van der Waals surface area contributed by atoms with Gasteiger partial charge in [0.2, 0.25) is 5.91 Å². The Kier molecular flexibility index (Phi) is 2.67. The van der Waals surface area contributed by atoms with Crippen molar-refractivity contribution in [1.82, 2.24) is 0 Å². The molecule has 0 saturated carbocycles. The molecule has 0 fully saturated rings. The summed E-state index contributed by atoms with van der Waals surface area (Å²) < 4.78 is 0. The van der Waals surface area contributed by atoms with Crippen LogP contribution in [0.3, 0.4) is 0 Å². The van der Waals surface area contributed by atoms with Gasteiger partial charge in [0.1, 0.15) is 5.69 Å². The molecule has 0 saturated heterocycles. The Morgan fingerprint density at radius 1 is 1.47 bits per heavy atom. The number of nitro groups is 1. The molecule has 0 aromatic heterocycles. The molecule has 88 valence electrons. The Hall–Kier alpha value is -2.17. The summed E-state index contributed by atoms with van der Waals surface area (Å²) >= 11 is 0. The third-order valence-electron chi connectivity index (χ3n) is 2.70. The Morgan fingerprint density at radius 2 is 2.18 bits per heavy atom. The maximum atomic E-state index is 11.5. The fourth-order valence-electron chi connectivity index (χ4n) is 2.01. The Labute approximate surface area is 98.5 Å². The normalized spacial score (nSPS) is 13.4. The zero-order chi connectivity index (χ0) is 12.6. The van der Waals surface area contributed by atoms with E-state index in [1.807, 2.05) is 18.2 Å². The molecule has 5 nitrogen and oxygen atoms in total. The van der Waals surface area contributed by atoms with Crippen molar-refractivity contribution in [2.75, 3.05) is 11.4 Å². The van der Waals surface area contributed by atoms with Crippen LogP contribution in [-0.2, 0) is 4.79 Å². The highest BCUT2D eigenvalue weighted by Gasteiger charge is 2.26. The number of hydrogen-bond acceptors (Lipinski definition) is 3. The number of anilines is 1. The van der Waals surface area contributed by atoms with Crippen LogP contribution in [0.25, 0.3) is 6.08 Å². The molecular weight excluding hydrogens is 220 g/mol. The van der Waals surface area contributed by atoms with E-state index in [2.05, 4.69) is 0 Å². The number of nitrogens with zero attached hydrogens (tertiary/aromatic N) is 2. The maximum Gasteiger partial charge on any atom is 0.293 e. The zero-order valence-electron chi connectivity index (χ0n) is 9.64. The van der Waals surface area contributed by atoms with Gasteiger partial charge in [0, 0.05) is 25.1 Å². The molecule has 1 aliphatic rings. The highest BCUT2D eigenvalue weighted by Crippen LogP contribution is 2.36. The van der Waals surface area contributed by atoms with Crippen LogP contribution in [0.2, 0.25) is 0 Å². The fourth-order valence-corrected chi connectivity index (χ4v) is 2.01. The number of amides is 1. The summed E-state index contributed by atoms with van der Waals surface area (Å²) in [5.74, 6) is -0.192. The van der Waals surface area contributed by atoms with Crippen molar-refractivity contribution in [3.63, 3.8) is 0 Å². The summed E-state index contributed by atoms with van der Waals surface area (Å²) in [5, 5.41) is 11.0. The number of fused-ring (bicyclic) bond motifs is 1. The van der Waals surface area contributed by atoms with Crippen LogP contribution in [0.15, 0.2) is 18.2 Å². The van der Waals surface area contributed by atoms with Crippen LogP contribution in [0.4, 0.5) is 11.4 Å². The smallest absolute Gasteiger partial charge is 0.293 e. The van der Waals surface area contributed by atoms with Crippen molar-refractivity contribution in [1.29, 1.82) is 0 Å². The first-order valence-electron chi connectivity index (χ1n) is 5.24. The molecule has 5 heteroatoms. The van der Waals surface area contributed by atoms with Gasteiger partial charge in [0.15, 0.2) is 0 Å². The second-order valence-corrected chi connectivity index (χ2v) is 4.01. The minimum Gasteiger partial charge on any atom is -0.302 e. The molecule has 0 aliphatic carbocycles. The fraction of sp³-hybridized carbons (Fsp3) is 0.250. The van der Waals surface area contributed by atoms with E-state index in [-0.39, 0.29) is 11.6 Å². The molecule has 1 heterocycles. The van der Waals surface area contributed by atoms with Crippen molar-refractivity contribution in [3.05, 3.63) is 39.4 Å². The molecule has 0 bridgehead atoms. The van der Waals surface area contributed by atoms with Gasteiger partial charge in [0.05, 0.1) is 4.92 Å². The standard InChI is InChI=1S/C12H12N2O3/c1-8-6-10-4-3-5-13(9(2)15)12(10)11(7-8)14(16)17/h3-4,6-7H,5H2,1-2H3. The Bertz CT molecular complexity index is 535. The van der Waals surface area contributed by atoms with Gasteiger partial charge in [-0.05, 0) is 18.6 Å². The predicted molar refractivity (Wildman–Crippen MR) is 64.9 cm³/mol. The van der Waals surface area contributed by atoms with Crippen LogP contribution in [0.1, 0.15) is 18.1 Å². The summed E-state index contributed by atoms with van der Waals surface area (Å²) in [4.78, 5) is 23.5. The third-order valence-corrected chi connectivity index (χ3v) is 2.70. The van der Waals surface area contributed by atoms with Gasteiger partial charge < -0.3 is 4.90 Å². The van der Waals surface area contributed by atoms with E-state index in [1.165, 1.54) is 17.9 Å². The largest absolute Gasteiger partial charge is 0.302 e. The maximum absolute atomic E-state index is 11.5. The molecule has 2 rings (SSSR count). The number of aryl methyl sites for hydroxylation is 1. The van der Waals surface area contributed by atoms with Gasteiger partial charge in [0.25, 0.3) is 5.69 Å². The van der Waals surface area contributed by atoms with Crippen molar-refractivity contribution in [2.45, 2.75) is 13.8 Å². The van der Waals surface area contributed by atoms with Crippen LogP contribution in [-0.4, -0.2) is 17.4 Å². The number of carbonyl (C=O) groups is 1. The monoisotopic (exact) mass is 232 g/mol. The zero-order valence-corrected chi connectivity index (χ0v) is 9.64. The van der Waals surface area contributed by atoms with E-state index in [0.29, 0.717) is 12.2 Å². The first-order valence-corrected chi connectivity index (χ1v) is 5.24. The lowest BCUT2D eigenvalue weighted by Crippen LogP contribution is -2.31. The van der Waals surface area contributed by atoms with E-state index < -0.39 is 4.92 Å². The molecule has 1 aliphatic heterocycles. The van der Waals surface area contributed by atoms with E-state index in [4.69, 9.17) is 0 Å². The van der Waals surface area contributed by atoms with Gasteiger partial charge in [-0.2, -0.15) is 0 Å². The second kappa shape index (κ2) is 4.01. The molecule has 0 radical (unpaired) electrons. The molecule has 0 atom stereocenters. The van der Waals surface area contributed by atoms with E-state index in [1.54, 1.807) is 6.92 Å². The minimum atomic E-state index is -0.444. The lowest BCUT2D eigenvalue weighted by Gasteiger charge is -2.24. The molecule has 0 N–H and O–H groups in total. The number of carbonyl (C=O) groups excluding carboxylic acids is 1. The average Bonchev–Trinajstić information content (AvgIpc) is 2.26. The number of benzene rings is 1. The summed E-state index contributed by atoms with van der Waals surface area (Å²) in [6, 6.07) is 3.34. The second-order valence-electron chi connectivity index (χ2n) is 4.01. The molecule has 0 spiro atoms. The predicted octanol–water partition coefficient (Wildman–Crippen LogP) is 2.28. The summed E-state index contributed by atoms with van der Waals surface area (Å²) in [6.45, 7) is 3.59. The van der Waals surface area contributed by atoms with Gasteiger partial charge in [-0.25, -0.2) is 0 Å². The minimum absolute atomic E-state index is 0.0143. The first kappa shape index (κ1) is 11.3. The lowest BCUT2D eigenvalue weighted by molar-refractivity contribution is -0.384. The van der Waals surface area contributed by atoms with Gasteiger partial charge in [-0.1, -0.05) is 12.2 Å². The van der Waals surface area contributed by atoms with Crippen molar-refractivity contribution >= 4 is 23.4 Å². The molecule has 0 unspecified atom stereocenters. The van der Waals surface area contributed by atoms with Crippen molar-refractivity contribution in [2.24, 2.45) is 0 Å². The molecular formula is C12H12N2O3. The number of nitro benzene ring substituents is 1. The molecule has 1 aromatic rings. The summed E-state index contributed by atoms with van der Waals surface area (Å²) in [7, 11) is 0. The Morgan fingerprint density at radius 3 is 2.76 bits per heavy atom. The third kappa shape index (κ3) is 1.91. The molecule has 1 aromatic carbocycles. The molecule has 1 amide bonds. The van der Waals surface area contributed by atoms with Crippen LogP contribution in [0.5, 0.6) is 0 Å². The molecule has 17 heavy (non-hydrogen) atoms. The van der Waals surface area contributed by atoms with Crippen LogP contribution >= 0.6 is 0 Å². The van der Waals surface area contributed by atoms with Crippen molar-refractivity contribution in [3.8, 4) is 0 Å².